The van der Waals surface area contributed by atoms with Crippen molar-refractivity contribution in [1.82, 2.24) is 0 Å². The van der Waals surface area contributed by atoms with E-state index in [1.807, 2.05) is 0 Å². The minimum atomic E-state index is -3.99. The predicted molar refractivity (Wildman–Crippen MR) is 169 cm³/mol. The molecule has 0 saturated heterocycles. The number of hydrogen-bond donors (Lipinski definition) is 0. The van der Waals surface area contributed by atoms with E-state index in [1.54, 1.807) is 0 Å². The van der Waals surface area contributed by atoms with Crippen molar-refractivity contribution < 1.29 is 79.0 Å². The van der Waals surface area contributed by atoms with Gasteiger partial charge in [0.25, 0.3) is 0 Å². The summed E-state index contributed by atoms with van der Waals surface area (Å²) in [5.74, 6) is -48.6. The smallest absolute Gasteiger partial charge is 0.200 e. The second-order valence-electron chi connectivity index (χ2n) is 12.7. The molecule has 1 aliphatic heterocycles. The van der Waals surface area contributed by atoms with Gasteiger partial charge >= 0.3 is 0 Å². The Morgan fingerprint density at radius 3 is 0.804 bits per heavy atom. The Morgan fingerprint density at radius 1 is 0.321 bits per heavy atom. The highest BCUT2D eigenvalue weighted by atomic mass is 31.1. The summed E-state index contributed by atoms with van der Waals surface area (Å²) in [7, 11) is -7.99. The Bertz CT molecular complexity index is 2250. The standard InChI is InChI=1S/C36H18F18P2/c1-8-9(2)12-7-14-16(38)18(40)22(44)28(50)34(14)56(36-31(53)25(47)20(42)26(48)32(36)54)5-4-55(35-29(51)23(45)19(41)24(46)30(35)52)33-13(6-11(8)10(12)3)15(37)17(39)21(43)27(33)49/h10H,4-7H2,1-3H3. The zero-order chi connectivity index (χ0) is 41.7. The molecule has 2 unspecified atom stereocenters. The molecule has 2 aliphatic rings. The minimum absolute atomic E-state index is 0.0765. The Balaban J connectivity index is 1.83. The van der Waals surface area contributed by atoms with Gasteiger partial charge in [-0.3, -0.25) is 0 Å². The van der Waals surface area contributed by atoms with Crippen LogP contribution in [0.3, 0.4) is 0 Å². The summed E-state index contributed by atoms with van der Waals surface area (Å²) in [5, 5.41) is -7.30. The van der Waals surface area contributed by atoms with Crippen LogP contribution < -0.4 is 21.2 Å². The lowest BCUT2D eigenvalue weighted by molar-refractivity contribution is 0.384. The molecule has 0 spiro atoms. The van der Waals surface area contributed by atoms with E-state index < -0.39 is 184 Å². The fourth-order valence-corrected chi connectivity index (χ4v) is 13.0. The van der Waals surface area contributed by atoms with E-state index >= 15 is 43.9 Å². The topological polar surface area (TPSA) is 0 Å². The lowest BCUT2D eigenvalue weighted by Gasteiger charge is -2.28. The van der Waals surface area contributed by atoms with Crippen LogP contribution >= 0.6 is 15.8 Å². The molecule has 0 amide bonds. The van der Waals surface area contributed by atoms with Gasteiger partial charge in [-0.25, -0.2) is 79.0 Å². The maximum atomic E-state index is 16.1. The van der Waals surface area contributed by atoms with E-state index in [0.29, 0.717) is 0 Å². The summed E-state index contributed by atoms with van der Waals surface area (Å²) in [6, 6.07) is 0. The average Bonchev–Trinajstić information content (AvgIpc) is 3.37. The molecule has 0 N–H and O–H groups in total. The first-order valence-corrected chi connectivity index (χ1v) is 18.8. The molecule has 2 atom stereocenters. The molecule has 0 aromatic heterocycles. The number of hydrogen-bond acceptors (Lipinski definition) is 0. The Kier molecular flexibility index (Phi) is 10.9. The summed E-state index contributed by atoms with van der Waals surface area (Å²) in [6.07, 6.45) is -5.29. The first-order valence-electron chi connectivity index (χ1n) is 15.7. The fraction of sp³-hybridized carbons (Fsp3) is 0.222. The normalized spacial score (nSPS) is 18.9. The van der Waals surface area contributed by atoms with E-state index in [0.717, 1.165) is 0 Å². The number of fused-ring (bicyclic) bond motifs is 4. The zero-order valence-corrected chi connectivity index (χ0v) is 29.9. The predicted octanol–water partition coefficient (Wildman–Crippen LogP) is 10.1. The SMILES string of the molecule is CC1=C2Cc3c(F)c(F)c(F)c(F)c3P(c3c(F)c(F)c(F)c(F)c3F)CCP(c3c(F)c(F)c(F)c(F)c3F)c3c(F)c(F)c(F)c(F)c3CC(=C1C)C2C. The molecule has 298 valence electrons. The van der Waals surface area contributed by atoms with Gasteiger partial charge in [0.05, 0.1) is 10.6 Å². The number of rotatable bonds is 2. The lowest BCUT2D eigenvalue weighted by Crippen LogP contribution is -2.33. The molecule has 0 radical (unpaired) electrons. The van der Waals surface area contributed by atoms with Gasteiger partial charge in [0, 0.05) is 21.7 Å². The van der Waals surface area contributed by atoms with Crippen molar-refractivity contribution in [2.24, 2.45) is 5.92 Å². The summed E-state index contributed by atoms with van der Waals surface area (Å²) in [5.41, 5.74) is -2.57. The van der Waals surface area contributed by atoms with Crippen LogP contribution in [0.4, 0.5) is 79.0 Å². The quantitative estimate of drug-likeness (QED) is 0.0816. The molecule has 2 bridgehead atoms. The third-order valence-corrected chi connectivity index (χ3v) is 15.6. The molecule has 0 saturated carbocycles. The highest BCUT2D eigenvalue weighted by molar-refractivity contribution is 7.76. The van der Waals surface area contributed by atoms with E-state index in [2.05, 4.69) is 0 Å². The van der Waals surface area contributed by atoms with Crippen molar-refractivity contribution in [3.05, 3.63) is 138 Å². The molecule has 1 aliphatic carbocycles. The van der Waals surface area contributed by atoms with Crippen LogP contribution in [0.5, 0.6) is 0 Å². The van der Waals surface area contributed by atoms with Crippen molar-refractivity contribution in [2.45, 2.75) is 33.6 Å². The van der Waals surface area contributed by atoms with Crippen LogP contribution in [0.1, 0.15) is 31.9 Å². The van der Waals surface area contributed by atoms with Crippen LogP contribution in [-0.4, -0.2) is 12.3 Å². The summed E-state index contributed by atoms with van der Waals surface area (Å²) >= 11 is 0. The van der Waals surface area contributed by atoms with E-state index in [9.17, 15) is 35.1 Å². The first-order chi connectivity index (χ1) is 26.1. The van der Waals surface area contributed by atoms with Crippen LogP contribution in [0, 0.1) is 111 Å². The van der Waals surface area contributed by atoms with Crippen molar-refractivity contribution in [1.29, 1.82) is 0 Å². The number of benzene rings is 4. The Labute approximate surface area is 306 Å². The van der Waals surface area contributed by atoms with Gasteiger partial charge in [-0.15, -0.1) is 0 Å². The molecule has 4 aromatic carbocycles. The second kappa shape index (κ2) is 14.7. The van der Waals surface area contributed by atoms with Gasteiger partial charge in [-0.05, 0) is 71.9 Å². The fourth-order valence-electron chi connectivity index (χ4n) is 7.04. The van der Waals surface area contributed by atoms with Crippen LogP contribution in [-0.2, 0) is 12.8 Å². The summed E-state index contributed by atoms with van der Waals surface area (Å²) in [6.45, 7) is 3.82. The van der Waals surface area contributed by atoms with Crippen molar-refractivity contribution in [3.63, 3.8) is 0 Å². The van der Waals surface area contributed by atoms with Crippen LogP contribution in [0.25, 0.3) is 0 Å². The van der Waals surface area contributed by atoms with E-state index in [-0.39, 0.29) is 22.3 Å². The van der Waals surface area contributed by atoms with Gasteiger partial charge in [-0.1, -0.05) is 18.1 Å². The van der Waals surface area contributed by atoms with Gasteiger partial charge < -0.3 is 0 Å². The van der Waals surface area contributed by atoms with Crippen molar-refractivity contribution in [2.75, 3.05) is 12.3 Å². The molecule has 20 heteroatoms. The molecular weight excluding hydrogens is 836 g/mol. The molecule has 0 nitrogen and oxygen atoms in total. The summed E-state index contributed by atoms with van der Waals surface area (Å²) in [4.78, 5) is 0. The number of allylic oxidation sites excluding steroid dienone is 4. The highest BCUT2D eigenvalue weighted by Crippen LogP contribution is 2.50. The maximum Gasteiger partial charge on any atom is 0.200 e. The monoisotopic (exact) mass is 854 g/mol. The molecule has 6 rings (SSSR count). The maximum absolute atomic E-state index is 16.1. The second-order valence-corrected chi connectivity index (χ2v) is 17.1. The molecule has 1 heterocycles. The van der Waals surface area contributed by atoms with Gasteiger partial charge in [0.15, 0.2) is 93.1 Å². The van der Waals surface area contributed by atoms with Crippen molar-refractivity contribution >= 4 is 37.1 Å². The van der Waals surface area contributed by atoms with Gasteiger partial charge in [0.2, 0.25) is 11.6 Å². The Hall–Kier alpha value is -4.04. The third kappa shape index (κ3) is 6.03. The summed E-state index contributed by atoms with van der Waals surface area (Å²) < 4.78 is 274. The first kappa shape index (κ1) is 41.6. The lowest BCUT2D eigenvalue weighted by atomic mass is 9.88. The number of halogens is 18. The molecular formula is C36H18F18P2. The molecule has 0 fully saturated rings. The van der Waals surface area contributed by atoms with E-state index in [1.165, 1.54) is 20.8 Å². The highest BCUT2D eigenvalue weighted by Gasteiger charge is 2.42. The Morgan fingerprint density at radius 2 is 0.536 bits per heavy atom. The largest absolute Gasteiger partial charge is 0.203 e. The molecule has 56 heavy (non-hydrogen) atoms. The zero-order valence-electron chi connectivity index (χ0n) is 28.1. The minimum Gasteiger partial charge on any atom is -0.203 e. The van der Waals surface area contributed by atoms with Crippen LogP contribution in [0.2, 0.25) is 0 Å². The molecule has 4 aromatic rings. The van der Waals surface area contributed by atoms with Gasteiger partial charge in [-0.2, -0.15) is 0 Å². The van der Waals surface area contributed by atoms with Crippen molar-refractivity contribution in [3.8, 4) is 0 Å². The van der Waals surface area contributed by atoms with E-state index in [4.69, 9.17) is 0 Å². The van der Waals surface area contributed by atoms with Crippen LogP contribution in [0.15, 0.2) is 22.3 Å². The average molecular weight is 854 g/mol. The van der Waals surface area contributed by atoms with Gasteiger partial charge in [0.1, 0.15) is 0 Å². The third-order valence-electron chi connectivity index (χ3n) is 9.98.